The summed E-state index contributed by atoms with van der Waals surface area (Å²) in [7, 11) is 0. The second-order valence-corrected chi connectivity index (χ2v) is 7.38. The normalized spacial score (nSPS) is 16.1. The van der Waals surface area contributed by atoms with Crippen molar-refractivity contribution in [1.82, 2.24) is 5.32 Å². The van der Waals surface area contributed by atoms with Crippen molar-refractivity contribution in [1.29, 1.82) is 0 Å². The molecule has 0 aliphatic rings. The molecule has 0 aromatic heterocycles. The highest BCUT2D eigenvalue weighted by atomic mass is 16.4. The van der Waals surface area contributed by atoms with Crippen LogP contribution >= 0.6 is 0 Å². The molecule has 4 atom stereocenters. The summed E-state index contributed by atoms with van der Waals surface area (Å²) in [6.45, 7) is 2.21. The number of carbonyl (C=O) groups is 1. The van der Waals surface area contributed by atoms with Gasteiger partial charge in [0, 0.05) is 6.42 Å². The van der Waals surface area contributed by atoms with Crippen LogP contribution in [-0.4, -0.2) is 68.4 Å². The Morgan fingerprint density at radius 1 is 0.793 bits per heavy atom. The molecule has 0 fully saturated rings. The number of nitrogens with one attached hydrogen (secondary N) is 1. The Hall–Kier alpha value is -1.71. The van der Waals surface area contributed by atoms with E-state index in [9.17, 15) is 20.1 Å². The lowest BCUT2D eigenvalue weighted by Crippen LogP contribution is -2.53. The molecular formula is C20H39N3O6. The molecule has 0 aliphatic heterocycles. The molecule has 0 unspecified atom stereocenters. The van der Waals surface area contributed by atoms with Crippen molar-refractivity contribution in [3.8, 4) is 0 Å². The lowest BCUT2D eigenvalue weighted by atomic mass is 10.0. The van der Waals surface area contributed by atoms with Crippen molar-refractivity contribution in [3.63, 3.8) is 0 Å². The van der Waals surface area contributed by atoms with Crippen molar-refractivity contribution in [3.05, 3.63) is 0 Å². The van der Waals surface area contributed by atoms with Crippen molar-refractivity contribution >= 4 is 18.3 Å². The van der Waals surface area contributed by atoms with Gasteiger partial charge in [0.15, 0.2) is 0 Å². The van der Waals surface area contributed by atoms with E-state index in [1.165, 1.54) is 44.9 Å². The highest BCUT2D eigenvalue weighted by Crippen LogP contribution is 2.12. The van der Waals surface area contributed by atoms with Crippen LogP contribution in [0.4, 0.5) is 0 Å². The van der Waals surface area contributed by atoms with Crippen molar-refractivity contribution in [2.75, 3.05) is 0 Å². The number of aliphatic hydroxyl groups is 3. The largest absolute Gasteiger partial charge is 0.411 e. The average Bonchev–Trinajstić information content (AvgIpc) is 2.70. The molecule has 29 heavy (non-hydrogen) atoms. The molecule has 0 aromatic carbocycles. The van der Waals surface area contributed by atoms with Crippen LogP contribution in [0.5, 0.6) is 0 Å². The van der Waals surface area contributed by atoms with E-state index in [-0.39, 0.29) is 12.3 Å². The molecule has 0 aliphatic carbocycles. The number of rotatable bonds is 18. The Bertz CT molecular complexity index is 461. The first-order valence-corrected chi connectivity index (χ1v) is 10.7. The van der Waals surface area contributed by atoms with Gasteiger partial charge in [0.25, 0.3) is 0 Å². The maximum atomic E-state index is 12.0. The van der Waals surface area contributed by atoms with Gasteiger partial charge >= 0.3 is 0 Å². The zero-order valence-electron chi connectivity index (χ0n) is 17.5. The Balaban J connectivity index is 4.01. The minimum Gasteiger partial charge on any atom is -0.411 e. The van der Waals surface area contributed by atoms with Crippen LogP contribution in [0.1, 0.15) is 84.0 Å². The van der Waals surface area contributed by atoms with Gasteiger partial charge in [-0.15, -0.1) is 0 Å². The first-order chi connectivity index (χ1) is 14.0. The van der Waals surface area contributed by atoms with Gasteiger partial charge in [-0.05, 0) is 6.42 Å². The van der Waals surface area contributed by atoms with E-state index in [0.29, 0.717) is 12.6 Å². The van der Waals surface area contributed by atoms with Gasteiger partial charge in [-0.3, -0.25) is 4.79 Å². The summed E-state index contributed by atoms with van der Waals surface area (Å²) in [5.74, 6) is -0.359. The third-order valence-electron chi connectivity index (χ3n) is 4.85. The van der Waals surface area contributed by atoms with Crippen molar-refractivity contribution in [2.24, 2.45) is 10.3 Å². The smallest absolute Gasteiger partial charge is 0.220 e. The van der Waals surface area contributed by atoms with E-state index in [1.807, 2.05) is 0 Å². The molecule has 1 amide bonds. The molecule has 0 heterocycles. The number of hydrogen-bond donors (Lipinski definition) is 6. The zero-order valence-corrected chi connectivity index (χ0v) is 17.5. The summed E-state index contributed by atoms with van der Waals surface area (Å²) in [4.78, 5) is 12.0. The third-order valence-corrected chi connectivity index (χ3v) is 4.85. The van der Waals surface area contributed by atoms with Gasteiger partial charge in [-0.1, -0.05) is 81.4 Å². The second kappa shape index (κ2) is 18.3. The van der Waals surface area contributed by atoms with E-state index in [1.54, 1.807) is 0 Å². The quantitative estimate of drug-likeness (QED) is 0.0869. The van der Waals surface area contributed by atoms with Gasteiger partial charge in [0.05, 0.1) is 18.5 Å². The molecule has 0 spiro atoms. The number of nitrogens with zero attached hydrogens (tertiary/aromatic N) is 2. The minimum atomic E-state index is -1.74. The Morgan fingerprint density at radius 3 is 1.76 bits per heavy atom. The lowest BCUT2D eigenvalue weighted by molar-refractivity contribution is -0.123. The zero-order chi connectivity index (χ0) is 21.9. The molecule has 6 N–H and O–H groups in total. The summed E-state index contributed by atoms with van der Waals surface area (Å²) in [5, 5.41) is 54.3. The van der Waals surface area contributed by atoms with Gasteiger partial charge in [-0.25, -0.2) is 0 Å². The summed E-state index contributed by atoms with van der Waals surface area (Å²) in [6.07, 6.45) is 9.56. The highest BCUT2D eigenvalue weighted by Gasteiger charge is 2.31. The average molecular weight is 418 g/mol. The van der Waals surface area contributed by atoms with Crippen LogP contribution in [-0.2, 0) is 4.79 Å². The Kier molecular flexibility index (Phi) is 17.2. The molecule has 9 heteroatoms. The van der Waals surface area contributed by atoms with Gasteiger partial charge < -0.3 is 31.1 Å². The van der Waals surface area contributed by atoms with Crippen molar-refractivity contribution < 1.29 is 30.5 Å². The summed E-state index contributed by atoms with van der Waals surface area (Å²) < 4.78 is 0. The molecule has 0 saturated carbocycles. The van der Waals surface area contributed by atoms with Crippen LogP contribution in [0.15, 0.2) is 10.3 Å². The summed E-state index contributed by atoms with van der Waals surface area (Å²) >= 11 is 0. The molecule has 0 aromatic rings. The SMILES string of the molecule is CCCCCCCCCCCCCC(=O)N[C@@H](/C=N/O)[C@@H](O)[C@H](O)[C@H](O)/C=N/O. The Labute approximate surface area is 173 Å². The fourth-order valence-electron chi connectivity index (χ4n) is 3.06. The predicted octanol–water partition coefficient (Wildman–Crippen LogP) is 2.17. The summed E-state index contributed by atoms with van der Waals surface area (Å²) in [5.41, 5.74) is 0. The molecule has 0 rings (SSSR count). The van der Waals surface area contributed by atoms with Crippen LogP contribution < -0.4 is 5.32 Å². The Morgan fingerprint density at radius 2 is 1.28 bits per heavy atom. The molecular weight excluding hydrogens is 378 g/mol. The molecule has 0 bridgehead atoms. The summed E-state index contributed by atoms with van der Waals surface area (Å²) in [6, 6.07) is -1.20. The van der Waals surface area contributed by atoms with Gasteiger partial charge in [0.1, 0.15) is 18.3 Å². The highest BCUT2D eigenvalue weighted by molar-refractivity contribution is 5.81. The van der Waals surface area contributed by atoms with Crippen LogP contribution in [0.25, 0.3) is 0 Å². The van der Waals surface area contributed by atoms with Gasteiger partial charge in [0.2, 0.25) is 5.91 Å². The van der Waals surface area contributed by atoms with Gasteiger partial charge in [-0.2, -0.15) is 0 Å². The number of aliphatic hydroxyl groups excluding tert-OH is 3. The van der Waals surface area contributed by atoms with E-state index >= 15 is 0 Å². The third kappa shape index (κ3) is 14.0. The minimum absolute atomic E-state index is 0.246. The monoisotopic (exact) mass is 417 g/mol. The first kappa shape index (κ1) is 27.3. The predicted molar refractivity (Wildman–Crippen MR) is 112 cm³/mol. The maximum Gasteiger partial charge on any atom is 0.220 e. The standard InChI is InChI=1S/C20H39N3O6/c1-2-3-4-5-6-7-8-9-10-11-12-13-18(25)23-16(14-21-28)19(26)20(27)17(24)15-22-29/h14-17,19-20,24,26-29H,2-13H2,1H3,(H,23,25)/b21-14+,22-15+/t16-,17+,19+,20+/m0/s1. The second-order valence-electron chi connectivity index (χ2n) is 7.38. The van der Waals surface area contributed by atoms with E-state index < -0.39 is 24.4 Å². The molecule has 0 radical (unpaired) electrons. The van der Waals surface area contributed by atoms with Crippen LogP contribution in [0, 0.1) is 0 Å². The van der Waals surface area contributed by atoms with Crippen molar-refractivity contribution in [2.45, 2.75) is 108 Å². The van der Waals surface area contributed by atoms with Crippen LogP contribution in [0.3, 0.4) is 0 Å². The molecule has 170 valence electrons. The fraction of sp³-hybridized carbons (Fsp3) is 0.850. The lowest BCUT2D eigenvalue weighted by Gasteiger charge is -2.26. The number of hydrogen-bond acceptors (Lipinski definition) is 8. The number of carbonyl (C=O) groups excluding carboxylic acids is 1. The maximum absolute atomic E-state index is 12.0. The van der Waals surface area contributed by atoms with E-state index in [0.717, 1.165) is 25.5 Å². The molecule has 9 nitrogen and oxygen atoms in total. The fourth-order valence-corrected chi connectivity index (χ4v) is 3.06. The van der Waals surface area contributed by atoms with E-state index in [2.05, 4.69) is 22.6 Å². The van der Waals surface area contributed by atoms with Crippen LogP contribution in [0.2, 0.25) is 0 Å². The van der Waals surface area contributed by atoms with E-state index in [4.69, 9.17) is 10.4 Å². The molecule has 0 saturated heterocycles. The number of unbranched alkanes of at least 4 members (excludes halogenated alkanes) is 10. The topological polar surface area (TPSA) is 155 Å². The number of oxime groups is 2. The first-order valence-electron chi connectivity index (χ1n) is 10.7. The number of amides is 1.